The van der Waals surface area contributed by atoms with Gasteiger partial charge in [-0.15, -0.1) is 0 Å². The molecule has 8 nitrogen and oxygen atoms in total. The molecule has 0 saturated heterocycles. The Hall–Kier alpha value is -3.52. The summed E-state index contributed by atoms with van der Waals surface area (Å²) in [5.74, 6) is -0.250. The number of rotatable bonds is 8. The number of nitrogens with zero attached hydrogens (tertiary/aromatic N) is 2. The van der Waals surface area contributed by atoms with Crippen molar-refractivity contribution < 1.29 is 23.8 Å². The van der Waals surface area contributed by atoms with E-state index in [1.807, 2.05) is 30.3 Å². The Bertz CT molecular complexity index is 1080. The van der Waals surface area contributed by atoms with Crippen molar-refractivity contribution in [3.05, 3.63) is 70.5 Å². The van der Waals surface area contributed by atoms with Gasteiger partial charge >= 0.3 is 5.97 Å². The van der Waals surface area contributed by atoms with Crippen molar-refractivity contribution >= 4 is 29.2 Å². The van der Waals surface area contributed by atoms with E-state index in [0.717, 1.165) is 5.56 Å². The molecule has 0 aliphatic carbocycles. The largest absolute Gasteiger partial charge is 0.497 e. The maximum atomic E-state index is 12.5. The Labute approximate surface area is 184 Å². The molecule has 3 rings (SSSR count). The summed E-state index contributed by atoms with van der Waals surface area (Å²) in [6.07, 6.45) is 0. The number of halogens is 1. The monoisotopic (exact) mass is 443 g/mol. The van der Waals surface area contributed by atoms with Gasteiger partial charge in [0, 0.05) is 6.07 Å². The number of amides is 1. The van der Waals surface area contributed by atoms with Gasteiger partial charge in [-0.25, -0.2) is 9.48 Å². The molecule has 0 fully saturated rings. The average molecular weight is 444 g/mol. The van der Waals surface area contributed by atoms with Crippen LogP contribution in [0.3, 0.4) is 0 Å². The van der Waals surface area contributed by atoms with Crippen molar-refractivity contribution in [2.45, 2.75) is 13.5 Å². The summed E-state index contributed by atoms with van der Waals surface area (Å²) in [6, 6.07) is 14.5. The fraction of sp³-hybridized carbons (Fsp3) is 0.227. The molecule has 9 heteroatoms. The number of aryl methyl sites for hydroxylation is 1. The zero-order chi connectivity index (χ0) is 22.4. The van der Waals surface area contributed by atoms with Crippen molar-refractivity contribution in [1.29, 1.82) is 0 Å². The zero-order valence-corrected chi connectivity index (χ0v) is 18.1. The van der Waals surface area contributed by atoms with Crippen molar-refractivity contribution in [2.75, 3.05) is 26.1 Å². The second-order valence-corrected chi connectivity index (χ2v) is 6.94. The molecule has 162 valence electrons. The third-order valence-corrected chi connectivity index (χ3v) is 4.85. The van der Waals surface area contributed by atoms with E-state index in [-0.39, 0.29) is 10.7 Å². The van der Waals surface area contributed by atoms with E-state index >= 15 is 0 Å². The molecule has 0 spiro atoms. The average Bonchev–Trinajstić information content (AvgIpc) is 3.05. The molecular formula is C22H22ClN3O5. The van der Waals surface area contributed by atoms with Crippen LogP contribution >= 0.6 is 11.6 Å². The topological polar surface area (TPSA) is 91.7 Å². The lowest BCUT2D eigenvalue weighted by molar-refractivity contribution is -0.119. The number of esters is 1. The molecule has 3 aromatic rings. The number of nitrogens with one attached hydrogen (secondary N) is 1. The Morgan fingerprint density at radius 3 is 2.52 bits per heavy atom. The van der Waals surface area contributed by atoms with E-state index < -0.39 is 18.5 Å². The summed E-state index contributed by atoms with van der Waals surface area (Å²) >= 11 is 6.36. The van der Waals surface area contributed by atoms with Crippen LogP contribution in [0.15, 0.2) is 48.5 Å². The lowest BCUT2D eigenvalue weighted by Gasteiger charge is -2.11. The first-order valence-electron chi connectivity index (χ1n) is 9.38. The minimum atomic E-state index is -0.723. The highest BCUT2D eigenvalue weighted by Crippen LogP contribution is 2.29. The quantitative estimate of drug-likeness (QED) is 0.534. The van der Waals surface area contributed by atoms with E-state index in [1.165, 1.54) is 18.9 Å². The van der Waals surface area contributed by atoms with E-state index in [1.54, 1.807) is 25.1 Å². The fourth-order valence-corrected chi connectivity index (χ4v) is 3.25. The molecule has 1 N–H and O–H groups in total. The van der Waals surface area contributed by atoms with Gasteiger partial charge in [0.25, 0.3) is 5.91 Å². The van der Waals surface area contributed by atoms with Gasteiger partial charge in [-0.05, 0) is 24.6 Å². The van der Waals surface area contributed by atoms with Crippen LogP contribution in [0.5, 0.6) is 11.5 Å². The van der Waals surface area contributed by atoms with Crippen molar-refractivity contribution in [3.63, 3.8) is 0 Å². The number of hydrogen-bond donors (Lipinski definition) is 1. The Balaban J connectivity index is 1.64. The SMILES string of the molecule is COc1ccc(NC(=O)COC(=O)c2c(C)nn(Cc3ccccc3)c2Cl)c(OC)c1. The molecule has 0 bridgehead atoms. The van der Waals surface area contributed by atoms with Crippen LogP contribution in [0, 0.1) is 6.92 Å². The van der Waals surface area contributed by atoms with Crippen molar-refractivity contribution in [1.82, 2.24) is 9.78 Å². The standard InChI is InChI=1S/C22H22ClN3O5/c1-14-20(21(23)26(25-14)12-15-7-5-4-6-8-15)22(28)31-13-19(27)24-17-10-9-16(29-2)11-18(17)30-3/h4-11H,12-13H2,1-3H3,(H,24,27). The second-order valence-electron chi connectivity index (χ2n) is 6.58. The first kappa shape index (κ1) is 22.2. The third-order valence-electron chi connectivity index (χ3n) is 4.46. The number of anilines is 1. The van der Waals surface area contributed by atoms with Crippen LogP contribution in [-0.2, 0) is 16.1 Å². The van der Waals surface area contributed by atoms with Crippen LogP contribution in [-0.4, -0.2) is 42.5 Å². The lowest BCUT2D eigenvalue weighted by Crippen LogP contribution is -2.21. The Morgan fingerprint density at radius 1 is 1.10 bits per heavy atom. The van der Waals surface area contributed by atoms with Gasteiger partial charge in [0.1, 0.15) is 22.2 Å². The van der Waals surface area contributed by atoms with Gasteiger partial charge < -0.3 is 19.5 Å². The fourth-order valence-electron chi connectivity index (χ4n) is 2.94. The van der Waals surface area contributed by atoms with Crippen LogP contribution in [0.25, 0.3) is 0 Å². The van der Waals surface area contributed by atoms with Crippen LogP contribution in [0.1, 0.15) is 21.6 Å². The molecule has 1 amide bonds. The highest BCUT2D eigenvalue weighted by Gasteiger charge is 2.23. The number of ether oxygens (including phenoxy) is 3. The maximum Gasteiger partial charge on any atom is 0.343 e. The molecule has 31 heavy (non-hydrogen) atoms. The minimum Gasteiger partial charge on any atom is -0.497 e. The predicted molar refractivity (Wildman–Crippen MR) is 116 cm³/mol. The number of hydrogen-bond acceptors (Lipinski definition) is 6. The molecule has 0 aliphatic heterocycles. The van der Waals surface area contributed by atoms with Gasteiger partial charge in [0.15, 0.2) is 6.61 Å². The maximum absolute atomic E-state index is 12.5. The predicted octanol–water partition coefficient (Wildman–Crippen LogP) is 3.71. The minimum absolute atomic E-state index is 0.132. The molecule has 1 heterocycles. The lowest BCUT2D eigenvalue weighted by atomic mass is 10.2. The summed E-state index contributed by atoms with van der Waals surface area (Å²) in [4.78, 5) is 24.8. The molecule has 0 unspecified atom stereocenters. The molecule has 1 aromatic heterocycles. The van der Waals surface area contributed by atoms with E-state index in [0.29, 0.717) is 29.4 Å². The Morgan fingerprint density at radius 2 is 1.84 bits per heavy atom. The summed E-state index contributed by atoms with van der Waals surface area (Å²) in [5.41, 5.74) is 1.96. The molecular weight excluding hydrogens is 422 g/mol. The summed E-state index contributed by atoms with van der Waals surface area (Å²) < 4.78 is 17.0. The number of methoxy groups -OCH3 is 2. The highest BCUT2D eigenvalue weighted by atomic mass is 35.5. The van der Waals surface area contributed by atoms with Crippen LogP contribution < -0.4 is 14.8 Å². The molecule has 0 radical (unpaired) electrons. The van der Waals surface area contributed by atoms with Crippen LogP contribution in [0.4, 0.5) is 5.69 Å². The van der Waals surface area contributed by atoms with Crippen molar-refractivity contribution in [3.8, 4) is 11.5 Å². The summed E-state index contributed by atoms with van der Waals surface area (Å²) in [5, 5.41) is 7.11. The summed E-state index contributed by atoms with van der Waals surface area (Å²) in [7, 11) is 3.00. The second kappa shape index (κ2) is 9.99. The number of aromatic nitrogens is 2. The van der Waals surface area contributed by atoms with Gasteiger partial charge in [-0.3, -0.25) is 4.79 Å². The first-order chi connectivity index (χ1) is 14.9. The van der Waals surface area contributed by atoms with E-state index in [4.69, 9.17) is 25.8 Å². The smallest absolute Gasteiger partial charge is 0.343 e. The number of benzene rings is 2. The van der Waals surface area contributed by atoms with Crippen molar-refractivity contribution in [2.24, 2.45) is 0 Å². The molecule has 0 atom stereocenters. The molecule has 0 aliphatic rings. The number of carbonyl (C=O) groups is 2. The van der Waals surface area contributed by atoms with Gasteiger partial charge in [-0.2, -0.15) is 5.10 Å². The highest BCUT2D eigenvalue weighted by molar-refractivity contribution is 6.32. The van der Waals surface area contributed by atoms with E-state index in [2.05, 4.69) is 10.4 Å². The molecule has 2 aromatic carbocycles. The summed E-state index contributed by atoms with van der Waals surface area (Å²) in [6.45, 7) is 1.57. The van der Waals surface area contributed by atoms with Gasteiger partial charge in [-0.1, -0.05) is 41.9 Å². The van der Waals surface area contributed by atoms with E-state index in [9.17, 15) is 9.59 Å². The number of carbonyl (C=O) groups excluding carboxylic acids is 2. The molecule has 0 saturated carbocycles. The Kier molecular flexibility index (Phi) is 7.15. The van der Waals surface area contributed by atoms with Gasteiger partial charge in [0.05, 0.1) is 32.1 Å². The normalized spacial score (nSPS) is 10.5. The van der Waals surface area contributed by atoms with Gasteiger partial charge in [0.2, 0.25) is 0 Å². The van der Waals surface area contributed by atoms with Crippen LogP contribution in [0.2, 0.25) is 5.15 Å². The first-order valence-corrected chi connectivity index (χ1v) is 9.76. The zero-order valence-electron chi connectivity index (χ0n) is 17.3. The third kappa shape index (κ3) is 5.35.